The minimum Gasteiger partial charge on any atom is -0.348 e. The molecule has 0 aliphatic heterocycles. The second-order valence-electron chi connectivity index (χ2n) is 3.52. The van der Waals surface area contributed by atoms with Gasteiger partial charge in [-0.2, -0.15) is 0 Å². The van der Waals surface area contributed by atoms with E-state index in [4.69, 9.17) is 0 Å². The lowest BCUT2D eigenvalue weighted by Gasteiger charge is -1.99. The van der Waals surface area contributed by atoms with Gasteiger partial charge >= 0.3 is 4.87 Å². The fourth-order valence-electron chi connectivity index (χ4n) is 1.91. The average molecular weight is 218 g/mol. The van der Waals surface area contributed by atoms with Gasteiger partial charge in [0.25, 0.3) is 0 Å². The number of thiazole rings is 1. The van der Waals surface area contributed by atoms with Gasteiger partial charge in [-0.25, -0.2) is 0 Å². The van der Waals surface area contributed by atoms with Gasteiger partial charge in [0.2, 0.25) is 0 Å². The van der Waals surface area contributed by atoms with E-state index in [0.29, 0.717) is 0 Å². The summed E-state index contributed by atoms with van der Waals surface area (Å²) in [5.74, 6) is 0. The summed E-state index contributed by atoms with van der Waals surface area (Å²) in [6.07, 6.45) is 2.08. The van der Waals surface area contributed by atoms with Crippen LogP contribution in [0.3, 0.4) is 0 Å². The van der Waals surface area contributed by atoms with Crippen LogP contribution < -0.4 is 4.87 Å². The van der Waals surface area contributed by atoms with E-state index >= 15 is 0 Å². The van der Waals surface area contributed by atoms with Crippen LogP contribution in [0.2, 0.25) is 0 Å². The number of hydrogen-bond donors (Lipinski definition) is 1. The smallest absolute Gasteiger partial charge is 0.305 e. The van der Waals surface area contributed by atoms with Gasteiger partial charge in [-0.15, -0.1) is 0 Å². The minimum absolute atomic E-state index is 0.0145. The Morgan fingerprint density at radius 3 is 3.13 bits per heavy atom. The molecular formula is C11H10N2OS. The third kappa shape index (κ3) is 1.22. The predicted molar refractivity (Wildman–Crippen MR) is 63.6 cm³/mol. The normalized spacial score (nSPS) is 11.5. The lowest BCUT2D eigenvalue weighted by Crippen LogP contribution is -1.91. The van der Waals surface area contributed by atoms with Crippen molar-refractivity contribution in [3.8, 4) is 0 Å². The van der Waals surface area contributed by atoms with E-state index in [2.05, 4.69) is 34.8 Å². The summed E-state index contributed by atoms with van der Waals surface area (Å²) in [5, 5.41) is 1.19. The van der Waals surface area contributed by atoms with Gasteiger partial charge in [-0.05, 0) is 25.1 Å². The van der Waals surface area contributed by atoms with Crippen LogP contribution in [0.4, 0.5) is 0 Å². The fourth-order valence-corrected chi connectivity index (χ4v) is 2.68. The summed E-state index contributed by atoms with van der Waals surface area (Å²) in [4.78, 5) is 14.1. The van der Waals surface area contributed by atoms with Crippen LogP contribution in [0, 0.1) is 0 Å². The average Bonchev–Trinajstić information content (AvgIpc) is 2.75. The highest BCUT2D eigenvalue weighted by Gasteiger charge is 2.04. The van der Waals surface area contributed by atoms with Gasteiger partial charge in [-0.1, -0.05) is 11.3 Å². The molecule has 15 heavy (non-hydrogen) atoms. The Hall–Kier alpha value is -1.55. The van der Waals surface area contributed by atoms with Crippen LogP contribution in [0.15, 0.2) is 29.2 Å². The van der Waals surface area contributed by atoms with Crippen molar-refractivity contribution in [2.75, 3.05) is 0 Å². The Morgan fingerprint density at radius 2 is 2.33 bits per heavy atom. The summed E-state index contributed by atoms with van der Waals surface area (Å²) in [5.41, 5.74) is 2.12. The van der Waals surface area contributed by atoms with Crippen molar-refractivity contribution < 1.29 is 0 Å². The maximum atomic E-state index is 11.2. The highest BCUT2D eigenvalue weighted by atomic mass is 32.1. The minimum atomic E-state index is 0.0145. The van der Waals surface area contributed by atoms with Crippen LogP contribution >= 0.6 is 11.3 Å². The van der Waals surface area contributed by atoms with E-state index in [1.807, 2.05) is 6.07 Å². The second kappa shape index (κ2) is 2.97. The number of hydrogen-bond acceptors (Lipinski definition) is 2. The zero-order chi connectivity index (χ0) is 10.4. The Morgan fingerprint density at radius 1 is 1.47 bits per heavy atom. The lowest BCUT2D eigenvalue weighted by atomic mass is 10.2. The molecule has 2 heterocycles. The SMILES string of the molecule is CCn1ccc2cc3sc(=O)[nH]c3cc21. The molecule has 3 nitrogen and oxygen atoms in total. The first-order chi connectivity index (χ1) is 7.28. The van der Waals surface area contributed by atoms with Crippen LogP contribution in [0.5, 0.6) is 0 Å². The summed E-state index contributed by atoms with van der Waals surface area (Å²) in [6.45, 7) is 3.06. The molecular weight excluding hydrogens is 208 g/mol. The van der Waals surface area contributed by atoms with Crippen molar-refractivity contribution in [1.29, 1.82) is 0 Å². The van der Waals surface area contributed by atoms with Crippen molar-refractivity contribution in [1.82, 2.24) is 9.55 Å². The fraction of sp³-hybridized carbons (Fsp3) is 0.182. The topological polar surface area (TPSA) is 37.8 Å². The van der Waals surface area contributed by atoms with Gasteiger partial charge in [0, 0.05) is 18.1 Å². The van der Waals surface area contributed by atoms with Gasteiger partial charge in [0.1, 0.15) is 0 Å². The molecule has 76 valence electrons. The van der Waals surface area contributed by atoms with Crippen LogP contribution in [0.1, 0.15) is 6.92 Å². The molecule has 0 saturated carbocycles. The van der Waals surface area contributed by atoms with Gasteiger partial charge in [0.15, 0.2) is 0 Å². The Labute approximate surface area is 90.0 Å². The van der Waals surface area contributed by atoms with E-state index in [9.17, 15) is 4.79 Å². The molecule has 0 aliphatic rings. The second-order valence-corrected chi connectivity index (χ2v) is 4.54. The number of aryl methyl sites for hydroxylation is 1. The third-order valence-electron chi connectivity index (χ3n) is 2.65. The molecule has 0 saturated heterocycles. The number of nitrogens with zero attached hydrogens (tertiary/aromatic N) is 1. The summed E-state index contributed by atoms with van der Waals surface area (Å²) in [6, 6.07) is 6.20. The largest absolute Gasteiger partial charge is 0.348 e. The highest BCUT2D eigenvalue weighted by molar-refractivity contribution is 7.16. The molecule has 0 spiro atoms. The first kappa shape index (κ1) is 8.73. The van der Waals surface area contributed by atoms with Gasteiger partial charge in [0.05, 0.1) is 15.7 Å². The monoisotopic (exact) mass is 218 g/mol. The predicted octanol–water partition coefficient (Wildman–Crippen LogP) is 2.56. The van der Waals surface area contributed by atoms with E-state index in [0.717, 1.165) is 16.8 Å². The first-order valence-corrected chi connectivity index (χ1v) is 5.71. The van der Waals surface area contributed by atoms with E-state index in [1.165, 1.54) is 22.2 Å². The van der Waals surface area contributed by atoms with Crippen molar-refractivity contribution in [2.24, 2.45) is 0 Å². The summed E-state index contributed by atoms with van der Waals surface area (Å²) < 4.78 is 3.20. The van der Waals surface area contributed by atoms with E-state index in [-0.39, 0.29) is 4.87 Å². The molecule has 1 N–H and O–H groups in total. The maximum absolute atomic E-state index is 11.2. The maximum Gasteiger partial charge on any atom is 0.305 e. The number of fused-ring (bicyclic) bond motifs is 2. The van der Waals surface area contributed by atoms with Crippen LogP contribution in [0.25, 0.3) is 21.1 Å². The quantitative estimate of drug-likeness (QED) is 0.669. The van der Waals surface area contributed by atoms with Gasteiger partial charge < -0.3 is 9.55 Å². The number of H-pyrrole nitrogens is 1. The Kier molecular flexibility index (Phi) is 1.73. The molecule has 0 fully saturated rings. The third-order valence-corrected chi connectivity index (χ3v) is 3.50. The summed E-state index contributed by atoms with van der Waals surface area (Å²) >= 11 is 1.26. The molecule has 3 rings (SSSR count). The van der Waals surface area contributed by atoms with Crippen LogP contribution in [-0.2, 0) is 6.54 Å². The molecule has 4 heteroatoms. The molecule has 0 amide bonds. The van der Waals surface area contributed by atoms with Gasteiger partial charge in [-0.3, -0.25) is 4.79 Å². The standard InChI is InChI=1S/C11H10N2OS/c1-2-13-4-3-7-5-10-8(6-9(7)13)12-11(14)15-10/h3-6H,2H2,1H3,(H,12,14). The molecule has 0 radical (unpaired) electrons. The molecule has 2 aromatic heterocycles. The molecule has 0 bridgehead atoms. The Bertz CT molecular complexity index is 689. The first-order valence-electron chi connectivity index (χ1n) is 4.89. The van der Waals surface area contributed by atoms with Crippen molar-refractivity contribution >= 4 is 32.5 Å². The number of nitrogens with one attached hydrogen (secondary N) is 1. The number of aromatic amines is 1. The molecule has 0 unspecified atom stereocenters. The summed E-state index contributed by atoms with van der Waals surface area (Å²) in [7, 11) is 0. The van der Waals surface area contributed by atoms with Crippen molar-refractivity contribution in [3.63, 3.8) is 0 Å². The zero-order valence-electron chi connectivity index (χ0n) is 8.28. The van der Waals surface area contributed by atoms with Crippen LogP contribution in [-0.4, -0.2) is 9.55 Å². The molecule has 1 aromatic carbocycles. The molecule has 0 atom stereocenters. The molecule has 3 aromatic rings. The highest BCUT2D eigenvalue weighted by Crippen LogP contribution is 2.23. The zero-order valence-corrected chi connectivity index (χ0v) is 9.10. The number of aromatic nitrogens is 2. The number of rotatable bonds is 1. The van der Waals surface area contributed by atoms with Crippen molar-refractivity contribution in [3.05, 3.63) is 34.1 Å². The van der Waals surface area contributed by atoms with E-state index in [1.54, 1.807) is 0 Å². The molecule has 0 aliphatic carbocycles. The van der Waals surface area contributed by atoms with E-state index < -0.39 is 0 Å². The number of benzene rings is 1. The Balaban J connectivity index is 2.48. The lowest BCUT2D eigenvalue weighted by molar-refractivity contribution is 0.798. The van der Waals surface area contributed by atoms with Crippen molar-refractivity contribution in [2.45, 2.75) is 13.5 Å².